The minimum Gasteiger partial charge on any atom is -0.393 e. The first kappa shape index (κ1) is 14.3. The summed E-state index contributed by atoms with van der Waals surface area (Å²) in [4.78, 5) is 0. The summed E-state index contributed by atoms with van der Waals surface area (Å²) in [5.41, 5.74) is -1.03. The summed E-state index contributed by atoms with van der Waals surface area (Å²) in [6.45, 7) is 7.85. The van der Waals surface area contributed by atoms with E-state index < -0.39 is 11.7 Å². The lowest BCUT2D eigenvalue weighted by Gasteiger charge is -2.57. The summed E-state index contributed by atoms with van der Waals surface area (Å²) >= 11 is 0. The van der Waals surface area contributed by atoms with Crippen molar-refractivity contribution in [3.63, 3.8) is 0 Å². The first-order valence-corrected chi connectivity index (χ1v) is 7.26. The first-order chi connectivity index (χ1) is 8.18. The van der Waals surface area contributed by atoms with Crippen LogP contribution in [0.15, 0.2) is 0 Å². The monoisotopic (exact) mass is 256 g/mol. The van der Waals surface area contributed by atoms with Gasteiger partial charge >= 0.3 is 0 Å². The molecule has 6 unspecified atom stereocenters. The van der Waals surface area contributed by atoms with E-state index in [0.717, 1.165) is 25.7 Å². The smallest absolute Gasteiger partial charge is 0.0644 e. The molecule has 6 atom stereocenters. The minimum absolute atomic E-state index is 0.0803. The predicted octanol–water partition coefficient (Wildman–Crippen LogP) is 1.94. The number of hydrogen-bond acceptors (Lipinski definition) is 3. The summed E-state index contributed by atoms with van der Waals surface area (Å²) in [6, 6.07) is 0. The zero-order chi connectivity index (χ0) is 13.7. The molecule has 0 amide bonds. The predicted molar refractivity (Wildman–Crippen MR) is 71.0 cm³/mol. The second-order valence-corrected chi connectivity index (χ2v) is 7.39. The van der Waals surface area contributed by atoms with Crippen LogP contribution in [0.2, 0.25) is 0 Å². The molecule has 2 aliphatic carbocycles. The lowest BCUT2D eigenvalue weighted by atomic mass is 9.51. The van der Waals surface area contributed by atoms with Gasteiger partial charge in [0.15, 0.2) is 0 Å². The van der Waals surface area contributed by atoms with Crippen LogP contribution in [0.25, 0.3) is 0 Å². The summed E-state index contributed by atoms with van der Waals surface area (Å²) < 4.78 is 0. The highest BCUT2D eigenvalue weighted by Gasteiger charge is 2.55. The Labute approximate surface area is 110 Å². The van der Waals surface area contributed by atoms with Gasteiger partial charge in [0.25, 0.3) is 0 Å². The molecule has 2 fully saturated rings. The van der Waals surface area contributed by atoms with Crippen molar-refractivity contribution in [3.05, 3.63) is 0 Å². The summed E-state index contributed by atoms with van der Waals surface area (Å²) in [6.07, 6.45) is 2.69. The van der Waals surface area contributed by atoms with Crippen molar-refractivity contribution in [2.75, 3.05) is 0 Å². The van der Waals surface area contributed by atoms with Gasteiger partial charge in [0.1, 0.15) is 0 Å². The molecule has 0 aliphatic heterocycles. The molecular formula is C15H28O3. The molecule has 2 rings (SSSR count). The molecule has 2 saturated carbocycles. The van der Waals surface area contributed by atoms with E-state index in [0.29, 0.717) is 5.92 Å². The van der Waals surface area contributed by atoms with Crippen molar-refractivity contribution in [2.45, 2.75) is 71.2 Å². The molecule has 0 aromatic heterocycles. The van der Waals surface area contributed by atoms with Crippen LogP contribution in [0.3, 0.4) is 0 Å². The Hall–Kier alpha value is -0.120. The van der Waals surface area contributed by atoms with Crippen LogP contribution < -0.4 is 0 Å². The van der Waals surface area contributed by atoms with Crippen molar-refractivity contribution in [3.8, 4) is 0 Å². The largest absolute Gasteiger partial charge is 0.393 e. The van der Waals surface area contributed by atoms with Gasteiger partial charge in [0, 0.05) is 5.92 Å². The molecule has 0 aromatic rings. The molecule has 106 valence electrons. The number of aliphatic hydroxyl groups excluding tert-OH is 2. The van der Waals surface area contributed by atoms with Gasteiger partial charge in [-0.3, -0.25) is 0 Å². The molecule has 0 heterocycles. The molecule has 0 radical (unpaired) electrons. The molecule has 0 saturated heterocycles. The van der Waals surface area contributed by atoms with E-state index in [9.17, 15) is 15.3 Å². The fourth-order valence-electron chi connectivity index (χ4n) is 4.52. The number of fused-ring (bicyclic) bond motifs is 1. The Bertz CT molecular complexity index is 309. The highest BCUT2D eigenvalue weighted by atomic mass is 16.3. The highest BCUT2D eigenvalue weighted by molar-refractivity contribution is 5.05. The maximum absolute atomic E-state index is 10.7. The van der Waals surface area contributed by atoms with E-state index in [4.69, 9.17) is 0 Å². The molecule has 18 heavy (non-hydrogen) atoms. The molecule has 0 aromatic carbocycles. The molecule has 3 nitrogen and oxygen atoms in total. The van der Waals surface area contributed by atoms with E-state index in [2.05, 4.69) is 13.8 Å². The van der Waals surface area contributed by atoms with Gasteiger partial charge in [0.2, 0.25) is 0 Å². The van der Waals surface area contributed by atoms with Crippen molar-refractivity contribution in [1.29, 1.82) is 0 Å². The van der Waals surface area contributed by atoms with Gasteiger partial charge in [0.05, 0.1) is 17.8 Å². The van der Waals surface area contributed by atoms with Crippen molar-refractivity contribution in [1.82, 2.24) is 0 Å². The Kier molecular flexibility index (Phi) is 3.54. The lowest BCUT2D eigenvalue weighted by Crippen LogP contribution is -2.59. The van der Waals surface area contributed by atoms with Crippen LogP contribution in [-0.4, -0.2) is 33.1 Å². The van der Waals surface area contributed by atoms with Crippen LogP contribution >= 0.6 is 0 Å². The second-order valence-electron chi connectivity index (χ2n) is 7.39. The molecule has 2 aliphatic rings. The van der Waals surface area contributed by atoms with Crippen molar-refractivity contribution in [2.24, 2.45) is 23.2 Å². The van der Waals surface area contributed by atoms with Gasteiger partial charge in [-0.15, -0.1) is 0 Å². The topological polar surface area (TPSA) is 60.7 Å². The van der Waals surface area contributed by atoms with Gasteiger partial charge in [-0.1, -0.05) is 13.8 Å². The van der Waals surface area contributed by atoms with E-state index in [1.165, 1.54) is 0 Å². The Morgan fingerprint density at radius 2 is 1.72 bits per heavy atom. The fraction of sp³-hybridized carbons (Fsp3) is 1.00. The number of hydrogen-bond donors (Lipinski definition) is 3. The van der Waals surface area contributed by atoms with Crippen LogP contribution in [-0.2, 0) is 0 Å². The van der Waals surface area contributed by atoms with E-state index in [-0.39, 0.29) is 23.4 Å². The van der Waals surface area contributed by atoms with Crippen molar-refractivity contribution >= 4 is 0 Å². The lowest BCUT2D eigenvalue weighted by molar-refractivity contribution is -0.184. The van der Waals surface area contributed by atoms with E-state index >= 15 is 0 Å². The highest BCUT2D eigenvalue weighted by Crippen LogP contribution is 2.55. The Morgan fingerprint density at radius 1 is 1.11 bits per heavy atom. The third-order valence-corrected chi connectivity index (χ3v) is 5.71. The number of aliphatic hydroxyl groups is 3. The Morgan fingerprint density at radius 3 is 2.28 bits per heavy atom. The van der Waals surface area contributed by atoms with Crippen LogP contribution in [0.5, 0.6) is 0 Å². The molecule has 3 heteroatoms. The average molecular weight is 256 g/mol. The van der Waals surface area contributed by atoms with Crippen LogP contribution in [0.4, 0.5) is 0 Å². The zero-order valence-corrected chi connectivity index (χ0v) is 12.1. The van der Waals surface area contributed by atoms with E-state index in [1.54, 1.807) is 13.8 Å². The standard InChI is InChI=1S/C15H28O3/c1-9-5-6-11(16)15(4)8-7-10(14(2,3)18)13(17)12(9)15/h9-13,16-18H,5-8H2,1-4H3. The van der Waals surface area contributed by atoms with E-state index in [1.807, 2.05) is 0 Å². The van der Waals surface area contributed by atoms with Crippen LogP contribution in [0, 0.1) is 23.2 Å². The molecule has 0 spiro atoms. The maximum Gasteiger partial charge on any atom is 0.0644 e. The fourth-order valence-corrected chi connectivity index (χ4v) is 4.52. The van der Waals surface area contributed by atoms with Gasteiger partial charge < -0.3 is 15.3 Å². The van der Waals surface area contributed by atoms with Gasteiger partial charge in [-0.2, -0.15) is 0 Å². The summed E-state index contributed by atoms with van der Waals surface area (Å²) in [5.74, 6) is 0.438. The molecule has 3 N–H and O–H groups in total. The summed E-state index contributed by atoms with van der Waals surface area (Å²) in [5, 5.41) is 31.2. The average Bonchev–Trinajstić information content (AvgIpc) is 2.22. The third-order valence-electron chi connectivity index (χ3n) is 5.71. The maximum atomic E-state index is 10.7. The quantitative estimate of drug-likeness (QED) is 0.672. The Balaban J connectivity index is 2.29. The summed E-state index contributed by atoms with van der Waals surface area (Å²) in [7, 11) is 0. The molecule has 0 bridgehead atoms. The van der Waals surface area contributed by atoms with Crippen LogP contribution in [0.1, 0.15) is 53.4 Å². The third kappa shape index (κ3) is 2.10. The minimum atomic E-state index is -0.844. The van der Waals surface area contributed by atoms with Gasteiger partial charge in [-0.05, 0) is 56.8 Å². The zero-order valence-electron chi connectivity index (χ0n) is 12.1. The normalized spacial score (nSPS) is 49.8. The number of rotatable bonds is 1. The SMILES string of the molecule is CC1CCC(O)C2(C)CCC(C(C)(C)O)C(O)C12. The second kappa shape index (κ2) is 4.46. The van der Waals surface area contributed by atoms with Gasteiger partial charge in [-0.25, -0.2) is 0 Å². The first-order valence-electron chi connectivity index (χ1n) is 7.26. The van der Waals surface area contributed by atoms with Crippen molar-refractivity contribution < 1.29 is 15.3 Å². The molecular weight excluding hydrogens is 228 g/mol.